The number of benzene rings is 1. The molecule has 0 aliphatic carbocycles. The number of hydrogen-bond acceptors (Lipinski definition) is 5. The lowest BCUT2D eigenvalue weighted by molar-refractivity contribution is -0.384. The van der Waals surface area contributed by atoms with Crippen LogP contribution < -0.4 is 16.4 Å². The molecule has 0 heterocycles. The molecule has 0 aliphatic heterocycles. The number of nitrogen functional groups attached to an aromatic ring is 1. The number of anilines is 2. The molecule has 1 aromatic carbocycles. The van der Waals surface area contributed by atoms with Crippen molar-refractivity contribution >= 4 is 23.0 Å². The summed E-state index contributed by atoms with van der Waals surface area (Å²) in [5.74, 6) is -0.197. The van der Waals surface area contributed by atoms with Crippen molar-refractivity contribution < 1.29 is 9.72 Å². The number of nitrogens with one attached hydrogen (secondary N) is 2. The van der Waals surface area contributed by atoms with Gasteiger partial charge in [-0.1, -0.05) is 0 Å². The normalized spacial score (nSPS) is 9.56. The molecule has 0 saturated carbocycles. The fourth-order valence-corrected chi connectivity index (χ4v) is 1.09. The van der Waals surface area contributed by atoms with Crippen LogP contribution in [0.15, 0.2) is 18.2 Å². The van der Waals surface area contributed by atoms with E-state index < -0.39 is 4.92 Å². The van der Waals surface area contributed by atoms with Gasteiger partial charge in [0, 0.05) is 19.2 Å². The van der Waals surface area contributed by atoms with Crippen molar-refractivity contribution in [3.05, 3.63) is 28.3 Å². The van der Waals surface area contributed by atoms with E-state index >= 15 is 0 Å². The number of nitro benzene ring substituents is 1. The van der Waals surface area contributed by atoms with Crippen LogP contribution in [-0.4, -0.2) is 24.4 Å². The maximum atomic E-state index is 10.9. The van der Waals surface area contributed by atoms with Gasteiger partial charge in [0.05, 0.1) is 22.8 Å². The number of likely N-dealkylation sites (N-methyl/N-ethyl adjacent to an activating group) is 1. The molecule has 4 N–H and O–H groups in total. The largest absolute Gasteiger partial charge is 0.397 e. The number of nitrogens with zero attached hydrogens (tertiary/aromatic N) is 1. The molecule has 0 spiro atoms. The molecule has 0 unspecified atom stereocenters. The molecule has 1 rings (SSSR count). The van der Waals surface area contributed by atoms with Gasteiger partial charge in [-0.2, -0.15) is 0 Å². The van der Waals surface area contributed by atoms with Crippen LogP contribution in [0.3, 0.4) is 0 Å². The van der Waals surface area contributed by atoms with Crippen LogP contribution in [0.5, 0.6) is 0 Å². The second-order valence-corrected chi connectivity index (χ2v) is 3.06. The van der Waals surface area contributed by atoms with Gasteiger partial charge in [-0.25, -0.2) is 0 Å². The van der Waals surface area contributed by atoms with E-state index in [-0.39, 0.29) is 23.8 Å². The summed E-state index contributed by atoms with van der Waals surface area (Å²) in [7, 11) is 1.52. The second kappa shape index (κ2) is 4.96. The molecule has 1 amide bonds. The third-order valence-corrected chi connectivity index (χ3v) is 1.96. The summed E-state index contributed by atoms with van der Waals surface area (Å²) in [5.41, 5.74) is 6.24. The Hall–Kier alpha value is -2.31. The maximum absolute atomic E-state index is 10.9. The van der Waals surface area contributed by atoms with Crippen molar-refractivity contribution in [1.29, 1.82) is 0 Å². The fraction of sp³-hybridized carbons (Fsp3) is 0.222. The van der Waals surface area contributed by atoms with E-state index in [0.29, 0.717) is 5.69 Å². The van der Waals surface area contributed by atoms with Gasteiger partial charge in [0.2, 0.25) is 5.91 Å². The van der Waals surface area contributed by atoms with Crippen LogP contribution in [-0.2, 0) is 4.79 Å². The number of hydrogen-bond donors (Lipinski definition) is 3. The van der Waals surface area contributed by atoms with Crippen molar-refractivity contribution in [1.82, 2.24) is 5.32 Å². The lowest BCUT2D eigenvalue weighted by Crippen LogP contribution is -2.26. The third-order valence-electron chi connectivity index (χ3n) is 1.96. The Morgan fingerprint density at radius 2 is 2.25 bits per heavy atom. The van der Waals surface area contributed by atoms with Gasteiger partial charge in [-0.3, -0.25) is 14.9 Å². The van der Waals surface area contributed by atoms with Crippen LogP contribution in [0.4, 0.5) is 17.1 Å². The molecular weight excluding hydrogens is 212 g/mol. The Morgan fingerprint density at radius 3 is 2.75 bits per heavy atom. The molecule has 0 radical (unpaired) electrons. The Morgan fingerprint density at radius 1 is 1.56 bits per heavy atom. The highest BCUT2D eigenvalue weighted by molar-refractivity contribution is 5.82. The first-order chi connectivity index (χ1) is 7.54. The zero-order chi connectivity index (χ0) is 12.1. The van der Waals surface area contributed by atoms with Gasteiger partial charge in [0.25, 0.3) is 5.69 Å². The van der Waals surface area contributed by atoms with E-state index in [0.717, 1.165) is 0 Å². The highest BCUT2D eigenvalue weighted by Gasteiger charge is 2.08. The van der Waals surface area contributed by atoms with Gasteiger partial charge in [-0.05, 0) is 6.07 Å². The quantitative estimate of drug-likeness (QED) is 0.388. The van der Waals surface area contributed by atoms with Gasteiger partial charge in [0.15, 0.2) is 0 Å². The van der Waals surface area contributed by atoms with Crippen LogP contribution in [0.1, 0.15) is 0 Å². The Labute approximate surface area is 91.8 Å². The van der Waals surface area contributed by atoms with Crippen molar-refractivity contribution in [2.24, 2.45) is 0 Å². The predicted octanol–water partition coefficient (Wildman–Crippen LogP) is 0.335. The highest BCUT2D eigenvalue weighted by atomic mass is 16.6. The topological polar surface area (TPSA) is 110 Å². The first-order valence-corrected chi connectivity index (χ1v) is 4.53. The lowest BCUT2D eigenvalue weighted by Gasteiger charge is -2.07. The number of nitrogens with two attached hydrogens (primary N) is 1. The van der Waals surface area contributed by atoms with Gasteiger partial charge < -0.3 is 16.4 Å². The molecule has 0 bridgehead atoms. The predicted molar refractivity (Wildman–Crippen MR) is 60.1 cm³/mol. The Kier molecular flexibility index (Phi) is 3.65. The number of carbonyl (C=O) groups excluding carboxylic acids is 1. The van der Waals surface area contributed by atoms with Crippen LogP contribution in [0.2, 0.25) is 0 Å². The van der Waals surface area contributed by atoms with Crippen LogP contribution in [0.25, 0.3) is 0 Å². The SMILES string of the molecule is CNC(=O)CNc1ccc([N+](=O)[O-])cc1N. The zero-order valence-electron chi connectivity index (χ0n) is 8.69. The molecule has 0 aliphatic rings. The highest BCUT2D eigenvalue weighted by Crippen LogP contribution is 2.23. The first kappa shape index (κ1) is 11.8. The lowest BCUT2D eigenvalue weighted by atomic mass is 10.2. The maximum Gasteiger partial charge on any atom is 0.271 e. The average molecular weight is 224 g/mol. The van der Waals surface area contributed by atoms with E-state index in [1.165, 1.54) is 25.2 Å². The molecule has 16 heavy (non-hydrogen) atoms. The number of rotatable bonds is 4. The van der Waals surface area contributed by atoms with E-state index in [1.54, 1.807) is 0 Å². The van der Waals surface area contributed by atoms with Crippen molar-refractivity contribution in [3.8, 4) is 0 Å². The standard InChI is InChI=1S/C9H12N4O3/c1-11-9(14)5-12-8-3-2-6(13(15)16)4-7(8)10/h2-4,12H,5,10H2,1H3,(H,11,14). The van der Waals surface area contributed by atoms with Gasteiger partial charge >= 0.3 is 0 Å². The third kappa shape index (κ3) is 2.84. The summed E-state index contributed by atoms with van der Waals surface area (Å²) in [4.78, 5) is 20.9. The van der Waals surface area contributed by atoms with Crippen LogP contribution >= 0.6 is 0 Å². The summed E-state index contributed by atoms with van der Waals surface area (Å²) in [6, 6.07) is 4.03. The monoisotopic (exact) mass is 224 g/mol. The fourth-order valence-electron chi connectivity index (χ4n) is 1.09. The average Bonchev–Trinajstić information content (AvgIpc) is 2.26. The van der Waals surface area contributed by atoms with Crippen molar-refractivity contribution in [2.45, 2.75) is 0 Å². The molecule has 7 heteroatoms. The number of amides is 1. The molecule has 0 fully saturated rings. The molecule has 86 valence electrons. The summed E-state index contributed by atoms with van der Waals surface area (Å²) in [6.07, 6.45) is 0. The summed E-state index contributed by atoms with van der Waals surface area (Å²) in [6.45, 7) is 0.0680. The summed E-state index contributed by atoms with van der Waals surface area (Å²) >= 11 is 0. The van der Waals surface area contributed by atoms with Crippen molar-refractivity contribution in [2.75, 3.05) is 24.6 Å². The number of carbonyl (C=O) groups is 1. The minimum Gasteiger partial charge on any atom is -0.397 e. The summed E-state index contributed by atoms with van der Waals surface area (Å²) in [5, 5.41) is 15.6. The molecular formula is C9H12N4O3. The van der Waals surface area contributed by atoms with E-state index in [1.807, 2.05) is 0 Å². The second-order valence-electron chi connectivity index (χ2n) is 3.06. The molecule has 0 aromatic heterocycles. The minimum absolute atomic E-state index is 0.0680. The zero-order valence-corrected chi connectivity index (χ0v) is 8.69. The Bertz CT molecular complexity index is 419. The molecule has 0 saturated heterocycles. The van der Waals surface area contributed by atoms with Gasteiger partial charge in [0.1, 0.15) is 0 Å². The number of non-ortho nitro benzene ring substituents is 1. The molecule has 0 atom stereocenters. The van der Waals surface area contributed by atoms with Crippen molar-refractivity contribution in [3.63, 3.8) is 0 Å². The van der Waals surface area contributed by atoms with Gasteiger partial charge in [-0.15, -0.1) is 0 Å². The molecule has 1 aromatic rings. The first-order valence-electron chi connectivity index (χ1n) is 4.53. The van der Waals surface area contributed by atoms with Crippen LogP contribution in [0, 0.1) is 10.1 Å². The molecule has 7 nitrogen and oxygen atoms in total. The summed E-state index contributed by atoms with van der Waals surface area (Å²) < 4.78 is 0. The Balaban J connectivity index is 2.75. The van der Waals surface area contributed by atoms with E-state index in [9.17, 15) is 14.9 Å². The van der Waals surface area contributed by atoms with E-state index in [4.69, 9.17) is 5.73 Å². The number of nitro groups is 1. The smallest absolute Gasteiger partial charge is 0.271 e. The minimum atomic E-state index is -0.529. The van der Waals surface area contributed by atoms with E-state index in [2.05, 4.69) is 10.6 Å².